The van der Waals surface area contributed by atoms with E-state index in [2.05, 4.69) is 4.89 Å². The molecule has 0 aromatic heterocycles. The molecule has 25 heavy (non-hydrogen) atoms. The van der Waals surface area contributed by atoms with Crippen molar-refractivity contribution in [3.8, 4) is 0 Å². The van der Waals surface area contributed by atoms with Crippen LogP contribution in [0.5, 0.6) is 0 Å². The fraction of sp³-hybridized carbons (Fsp3) is 0.750. The van der Waals surface area contributed by atoms with E-state index in [9.17, 15) is 19.2 Å². The van der Waals surface area contributed by atoms with Gasteiger partial charge in [0.2, 0.25) is 0 Å². The molecule has 1 rings (SSSR count). The Morgan fingerprint density at radius 1 is 1.00 bits per heavy atom. The summed E-state index contributed by atoms with van der Waals surface area (Å²) in [5, 5.41) is 8.13. The standard InChI is InChI=1S/C16H24O9/c1-10(9-16(2,3)24-14(19)15(20)25-21)22-12(17)13(18)23-11-7-5-4-6-8-11/h10-11,21H,4-9H2,1-3H3. The van der Waals surface area contributed by atoms with Crippen molar-refractivity contribution in [3.63, 3.8) is 0 Å². The van der Waals surface area contributed by atoms with Crippen LogP contribution in [0.2, 0.25) is 0 Å². The maximum atomic E-state index is 11.8. The molecule has 1 aliphatic carbocycles. The molecule has 0 saturated heterocycles. The summed E-state index contributed by atoms with van der Waals surface area (Å²) >= 11 is 0. The predicted octanol–water partition coefficient (Wildman–Crippen LogP) is 1.52. The molecule has 9 nitrogen and oxygen atoms in total. The van der Waals surface area contributed by atoms with Crippen LogP contribution in [-0.4, -0.2) is 46.9 Å². The van der Waals surface area contributed by atoms with Crippen molar-refractivity contribution < 1.29 is 43.5 Å². The molecule has 142 valence electrons. The van der Waals surface area contributed by atoms with Crippen molar-refractivity contribution in [1.82, 2.24) is 0 Å². The normalized spacial score (nSPS) is 16.5. The smallest absolute Gasteiger partial charge is 0.449 e. The summed E-state index contributed by atoms with van der Waals surface area (Å²) in [7, 11) is 0. The molecule has 1 saturated carbocycles. The van der Waals surface area contributed by atoms with Crippen LogP contribution in [-0.2, 0) is 38.3 Å². The summed E-state index contributed by atoms with van der Waals surface area (Å²) in [6.07, 6.45) is 3.45. The first-order chi connectivity index (χ1) is 11.6. The number of rotatable bonds is 5. The molecule has 0 heterocycles. The van der Waals surface area contributed by atoms with Crippen molar-refractivity contribution >= 4 is 23.9 Å². The Morgan fingerprint density at radius 3 is 2.16 bits per heavy atom. The van der Waals surface area contributed by atoms with E-state index >= 15 is 0 Å². The van der Waals surface area contributed by atoms with Crippen LogP contribution in [0.15, 0.2) is 0 Å². The van der Waals surface area contributed by atoms with Crippen molar-refractivity contribution in [2.24, 2.45) is 0 Å². The van der Waals surface area contributed by atoms with Gasteiger partial charge in [0.1, 0.15) is 17.8 Å². The molecule has 0 amide bonds. The van der Waals surface area contributed by atoms with Crippen molar-refractivity contribution in [2.75, 3.05) is 0 Å². The average molecular weight is 360 g/mol. The fourth-order valence-corrected chi connectivity index (χ4v) is 2.72. The maximum absolute atomic E-state index is 11.8. The lowest BCUT2D eigenvalue weighted by molar-refractivity contribution is -0.239. The van der Waals surface area contributed by atoms with E-state index in [0.717, 1.165) is 32.1 Å². The molecule has 0 radical (unpaired) electrons. The van der Waals surface area contributed by atoms with E-state index in [4.69, 9.17) is 19.5 Å². The summed E-state index contributed by atoms with van der Waals surface area (Å²) < 4.78 is 14.9. The molecule has 1 unspecified atom stereocenters. The Labute approximate surface area is 145 Å². The highest BCUT2D eigenvalue weighted by Gasteiger charge is 2.32. The number of carbonyl (C=O) groups is 4. The highest BCUT2D eigenvalue weighted by atomic mass is 17.1. The zero-order valence-electron chi connectivity index (χ0n) is 14.6. The van der Waals surface area contributed by atoms with E-state index in [1.54, 1.807) is 0 Å². The van der Waals surface area contributed by atoms with Gasteiger partial charge in [0, 0.05) is 6.42 Å². The van der Waals surface area contributed by atoms with E-state index in [1.165, 1.54) is 20.8 Å². The van der Waals surface area contributed by atoms with Crippen LogP contribution in [0, 0.1) is 0 Å². The van der Waals surface area contributed by atoms with Gasteiger partial charge in [0.25, 0.3) is 0 Å². The number of carbonyl (C=O) groups excluding carboxylic acids is 4. The number of ether oxygens (including phenoxy) is 3. The van der Waals surface area contributed by atoms with Gasteiger partial charge in [-0.05, 0) is 46.5 Å². The van der Waals surface area contributed by atoms with E-state index in [-0.39, 0.29) is 12.5 Å². The predicted molar refractivity (Wildman–Crippen MR) is 82.0 cm³/mol. The van der Waals surface area contributed by atoms with Gasteiger partial charge in [-0.3, -0.25) is 4.89 Å². The van der Waals surface area contributed by atoms with Gasteiger partial charge in [-0.2, -0.15) is 5.26 Å². The number of esters is 3. The molecular formula is C16H24O9. The Kier molecular flexibility index (Phi) is 7.82. The molecule has 1 fully saturated rings. The highest BCUT2D eigenvalue weighted by molar-refractivity contribution is 6.30. The molecule has 0 aliphatic heterocycles. The molecule has 0 spiro atoms. The Balaban J connectivity index is 2.44. The van der Waals surface area contributed by atoms with Gasteiger partial charge in [-0.1, -0.05) is 6.42 Å². The minimum Gasteiger partial charge on any atom is -0.454 e. The van der Waals surface area contributed by atoms with Gasteiger partial charge in [-0.15, -0.1) is 0 Å². The van der Waals surface area contributed by atoms with Gasteiger partial charge >= 0.3 is 23.9 Å². The van der Waals surface area contributed by atoms with E-state index < -0.39 is 35.6 Å². The van der Waals surface area contributed by atoms with Crippen molar-refractivity contribution in [3.05, 3.63) is 0 Å². The van der Waals surface area contributed by atoms with Crippen molar-refractivity contribution in [2.45, 2.75) is 77.1 Å². The molecule has 0 aromatic rings. The average Bonchev–Trinajstić information content (AvgIpc) is 2.53. The van der Waals surface area contributed by atoms with Gasteiger partial charge in [0.15, 0.2) is 0 Å². The summed E-state index contributed by atoms with van der Waals surface area (Å²) in [6.45, 7) is 4.45. The molecular weight excluding hydrogens is 336 g/mol. The molecule has 9 heteroatoms. The van der Waals surface area contributed by atoms with Crippen LogP contribution < -0.4 is 0 Å². The minimum absolute atomic E-state index is 0.0138. The maximum Gasteiger partial charge on any atom is 0.449 e. The molecule has 0 aromatic carbocycles. The molecule has 1 atom stereocenters. The lowest BCUT2D eigenvalue weighted by Gasteiger charge is -2.27. The van der Waals surface area contributed by atoms with E-state index in [0.29, 0.717) is 0 Å². The highest BCUT2D eigenvalue weighted by Crippen LogP contribution is 2.21. The fourth-order valence-electron chi connectivity index (χ4n) is 2.72. The lowest BCUT2D eigenvalue weighted by Crippen LogP contribution is -2.37. The van der Waals surface area contributed by atoms with Crippen LogP contribution in [0.4, 0.5) is 0 Å². The summed E-state index contributed by atoms with van der Waals surface area (Å²) in [5.41, 5.74) is -1.20. The largest absolute Gasteiger partial charge is 0.454 e. The third kappa shape index (κ3) is 7.51. The first-order valence-corrected chi connectivity index (χ1v) is 8.15. The first kappa shape index (κ1) is 20.9. The van der Waals surface area contributed by atoms with Crippen molar-refractivity contribution in [1.29, 1.82) is 0 Å². The molecule has 1 N–H and O–H groups in total. The van der Waals surface area contributed by atoms with Crippen LogP contribution in [0.1, 0.15) is 59.3 Å². The van der Waals surface area contributed by atoms with Gasteiger partial charge < -0.3 is 14.2 Å². The van der Waals surface area contributed by atoms with Gasteiger partial charge in [0.05, 0.1) is 0 Å². The third-order valence-corrected chi connectivity index (χ3v) is 3.70. The number of hydrogen-bond acceptors (Lipinski definition) is 9. The second-order valence-corrected chi connectivity index (χ2v) is 6.61. The van der Waals surface area contributed by atoms with E-state index in [1.807, 2.05) is 0 Å². The quantitative estimate of drug-likeness (QED) is 0.255. The molecule has 0 bridgehead atoms. The van der Waals surface area contributed by atoms with Crippen LogP contribution >= 0.6 is 0 Å². The topological polar surface area (TPSA) is 125 Å². The number of hydrogen-bond donors (Lipinski definition) is 1. The minimum atomic E-state index is -1.56. The Hall–Kier alpha value is -2.16. The monoisotopic (exact) mass is 360 g/mol. The van der Waals surface area contributed by atoms with Crippen LogP contribution in [0.3, 0.4) is 0 Å². The zero-order chi connectivity index (χ0) is 19.0. The second kappa shape index (κ2) is 9.36. The summed E-state index contributed by atoms with van der Waals surface area (Å²) in [4.78, 5) is 48.9. The Morgan fingerprint density at radius 2 is 1.60 bits per heavy atom. The second-order valence-electron chi connectivity index (χ2n) is 6.61. The zero-order valence-corrected chi connectivity index (χ0v) is 14.6. The summed E-state index contributed by atoms with van der Waals surface area (Å²) in [6, 6.07) is 0. The Bertz CT molecular complexity index is 506. The van der Waals surface area contributed by atoms with Gasteiger partial charge in [-0.25, -0.2) is 19.2 Å². The lowest BCUT2D eigenvalue weighted by atomic mass is 9.98. The third-order valence-electron chi connectivity index (χ3n) is 3.70. The molecule has 1 aliphatic rings. The van der Waals surface area contributed by atoms with Crippen LogP contribution in [0.25, 0.3) is 0 Å². The summed E-state index contributed by atoms with van der Waals surface area (Å²) in [5.74, 6) is -5.11. The first-order valence-electron chi connectivity index (χ1n) is 8.15. The SMILES string of the molecule is CC(CC(C)(C)OC(=O)C(=O)OO)OC(=O)C(=O)OC1CCCCC1.